The van der Waals surface area contributed by atoms with Crippen molar-refractivity contribution in [3.05, 3.63) is 76.9 Å². The van der Waals surface area contributed by atoms with Crippen LogP contribution in [0, 0.1) is 17.6 Å². The number of nitrogens with zero attached hydrogens (tertiary/aromatic N) is 1. The number of aliphatic imine (C=N–C) groups is 1. The van der Waals surface area contributed by atoms with Crippen molar-refractivity contribution < 1.29 is 8.78 Å². The number of benzene rings is 2. The molecule has 0 saturated heterocycles. The van der Waals surface area contributed by atoms with E-state index in [-0.39, 0.29) is 23.6 Å². The Hall–Kier alpha value is -2.40. The molecule has 1 heterocycles. The Labute approximate surface area is 156 Å². The van der Waals surface area contributed by atoms with Gasteiger partial charge in [-0.1, -0.05) is 24.3 Å². The Morgan fingerprint density at radius 3 is 2.35 bits per heavy atom. The predicted octanol–water partition coefficient (Wildman–Crippen LogP) is 5.22. The summed E-state index contributed by atoms with van der Waals surface area (Å²) in [5.41, 5.74) is 4.10. The first kappa shape index (κ1) is 17.0. The van der Waals surface area contributed by atoms with Gasteiger partial charge in [-0.2, -0.15) is 0 Å². The average molecular weight is 368 g/mol. The fraction of sp³-hybridized carbons (Fsp3) is 0.238. The lowest BCUT2D eigenvalue weighted by Gasteiger charge is -2.37. The van der Waals surface area contributed by atoms with Gasteiger partial charge in [0.05, 0.1) is 11.8 Å². The third kappa shape index (κ3) is 3.44. The number of fused-ring (bicyclic) bond motifs is 1. The third-order valence-corrected chi connectivity index (χ3v) is 5.19. The van der Waals surface area contributed by atoms with Crippen LogP contribution in [-0.2, 0) is 0 Å². The molecule has 5 heteroatoms. The summed E-state index contributed by atoms with van der Waals surface area (Å²) >= 11 is 5.36. The maximum atomic E-state index is 13.3. The first-order chi connectivity index (χ1) is 12.6. The summed E-state index contributed by atoms with van der Waals surface area (Å²) in [6.07, 6.45) is 5.03. The fourth-order valence-electron chi connectivity index (χ4n) is 3.76. The molecule has 2 atom stereocenters. The molecule has 1 N–H and O–H groups in total. The Bertz CT molecular complexity index is 885. The number of halogens is 2. The van der Waals surface area contributed by atoms with Crippen molar-refractivity contribution in [3.63, 3.8) is 0 Å². The smallest absolute Gasteiger partial charge is 0.193 e. The second kappa shape index (κ2) is 7.08. The number of thiocarbonyl (C=S) groups is 1. The normalized spacial score (nSPS) is 24.0. The van der Waals surface area contributed by atoms with Gasteiger partial charge in [0, 0.05) is 5.92 Å². The largest absolute Gasteiger partial charge is 0.353 e. The Balaban J connectivity index is 1.69. The van der Waals surface area contributed by atoms with E-state index in [9.17, 15) is 8.78 Å². The van der Waals surface area contributed by atoms with Crippen LogP contribution >= 0.6 is 12.2 Å². The van der Waals surface area contributed by atoms with E-state index < -0.39 is 0 Å². The van der Waals surface area contributed by atoms with Crippen LogP contribution in [0.3, 0.4) is 0 Å². The minimum Gasteiger partial charge on any atom is -0.353 e. The lowest BCUT2D eigenvalue weighted by Crippen LogP contribution is -2.42. The molecule has 1 aliphatic carbocycles. The van der Waals surface area contributed by atoms with E-state index in [4.69, 9.17) is 12.2 Å². The van der Waals surface area contributed by atoms with Crippen molar-refractivity contribution in [2.45, 2.75) is 25.3 Å². The Morgan fingerprint density at radius 2 is 1.65 bits per heavy atom. The van der Waals surface area contributed by atoms with Crippen molar-refractivity contribution in [3.8, 4) is 0 Å². The zero-order chi connectivity index (χ0) is 18.1. The highest BCUT2D eigenvalue weighted by Crippen LogP contribution is 2.38. The van der Waals surface area contributed by atoms with Crippen LogP contribution in [0.5, 0.6) is 0 Å². The molecule has 132 valence electrons. The molecule has 1 saturated carbocycles. The maximum absolute atomic E-state index is 13.3. The number of rotatable bonds is 2. The molecule has 26 heavy (non-hydrogen) atoms. The summed E-state index contributed by atoms with van der Waals surface area (Å²) in [6, 6.07) is 13.0. The molecular formula is C21H18F2N2S. The van der Waals surface area contributed by atoms with E-state index in [0.717, 1.165) is 41.7 Å². The molecule has 0 radical (unpaired) electrons. The first-order valence-corrected chi connectivity index (χ1v) is 9.12. The minimum absolute atomic E-state index is 0.00693. The van der Waals surface area contributed by atoms with Gasteiger partial charge in [0.25, 0.3) is 0 Å². The summed E-state index contributed by atoms with van der Waals surface area (Å²) in [5, 5.41) is 3.74. The predicted molar refractivity (Wildman–Crippen MR) is 104 cm³/mol. The number of allylic oxidation sites excluding steroid dienone is 1. The molecule has 0 amide bonds. The van der Waals surface area contributed by atoms with Gasteiger partial charge in [0.2, 0.25) is 0 Å². The SMILES string of the molecule is Fc1ccc(/C=C2\CCCC3C2=NC(=S)NC3c2ccc(F)cc2)cc1. The fourth-order valence-corrected chi connectivity index (χ4v) is 3.99. The Kier molecular flexibility index (Phi) is 4.64. The van der Waals surface area contributed by atoms with E-state index in [1.807, 2.05) is 0 Å². The molecule has 2 unspecified atom stereocenters. The average Bonchev–Trinajstić information content (AvgIpc) is 2.64. The third-order valence-electron chi connectivity index (χ3n) is 4.98. The van der Waals surface area contributed by atoms with Gasteiger partial charge in [-0.15, -0.1) is 0 Å². The van der Waals surface area contributed by atoms with Gasteiger partial charge in [-0.25, -0.2) is 13.8 Å². The van der Waals surface area contributed by atoms with E-state index in [0.29, 0.717) is 5.11 Å². The second-order valence-corrected chi connectivity index (χ2v) is 7.08. The van der Waals surface area contributed by atoms with Gasteiger partial charge < -0.3 is 5.32 Å². The molecule has 2 aliphatic rings. The number of hydrogen-bond acceptors (Lipinski definition) is 1. The van der Waals surface area contributed by atoms with Crippen molar-refractivity contribution in [2.24, 2.45) is 10.9 Å². The zero-order valence-electron chi connectivity index (χ0n) is 14.1. The van der Waals surface area contributed by atoms with Gasteiger partial charge in [0.1, 0.15) is 11.6 Å². The van der Waals surface area contributed by atoms with Crippen molar-refractivity contribution in [1.29, 1.82) is 0 Å². The van der Waals surface area contributed by atoms with Crippen molar-refractivity contribution >= 4 is 29.1 Å². The monoisotopic (exact) mass is 368 g/mol. The van der Waals surface area contributed by atoms with Crippen molar-refractivity contribution in [1.82, 2.24) is 5.32 Å². The number of nitrogens with one attached hydrogen (secondary N) is 1. The standard InChI is InChI=1S/C21H18F2N2S/c22-16-8-4-13(5-9-16)12-15-2-1-3-18-19(24-21(26)25-20(15)18)14-6-10-17(23)11-7-14/h4-12,18-19H,1-3H2,(H,24,26)/b15-12+. The molecule has 0 bridgehead atoms. The first-order valence-electron chi connectivity index (χ1n) is 8.71. The van der Waals surface area contributed by atoms with Crippen LogP contribution in [0.4, 0.5) is 8.78 Å². The van der Waals surface area contributed by atoms with E-state index in [1.165, 1.54) is 24.3 Å². The van der Waals surface area contributed by atoms with Gasteiger partial charge >= 0.3 is 0 Å². The highest BCUT2D eigenvalue weighted by atomic mass is 32.1. The van der Waals surface area contributed by atoms with Crippen LogP contribution in [0.1, 0.15) is 36.4 Å². The second-order valence-electron chi connectivity index (χ2n) is 6.70. The van der Waals surface area contributed by atoms with Gasteiger partial charge in [-0.3, -0.25) is 0 Å². The molecular weight excluding hydrogens is 350 g/mol. The lowest BCUT2D eigenvalue weighted by molar-refractivity contribution is 0.440. The van der Waals surface area contributed by atoms with E-state index in [2.05, 4.69) is 16.4 Å². The molecule has 1 aliphatic heterocycles. The van der Waals surface area contributed by atoms with Crippen LogP contribution in [0.2, 0.25) is 0 Å². The molecule has 1 fully saturated rings. The van der Waals surface area contributed by atoms with E-state index in [1.54, 1.807) is 24.3 Å². The lowest BCUT2D eigenvalue weighted by atomic mass is 9.76. The maximum Gasteiger partial charge on any atom is 0.193 e. The van der Waals surface area contributed by atoms with E-state index >= 15 is 0 Å². The molecule has 2 aromatic carbocycles. The Morgan fingerprint density at radius 1 is 1.00 bits per heavy atom. The van der Waals surface area contributed by atoms with Gasteiger partial charge in [0.15, 0.2) is 5.11 Å². The van der Waals surface area contributed by atoms with Crippen LogP contribution in [-0.4, -0.2) is 10.8 Å². The topological polar surface area (TPSA) is 24.4 Å². The summed E-state index contributed by atoms with van der Waals surface area (Å²) in [5.74, 6) is -0.306. The molecule has 4 rings (SSSR count). The molecule has 0 aromatic heterocycles. The highest BCUT2D eigenvalue weighted by molar-refractivity contribution is 7.80. The summed E-state index contributed by atoms with van der Waals surface area (Å²) in [6.45, 7) is 0. The zero-order valence-corrected chi connectivity index (χ0v) is 14.9. The summed E-state index contributed by atoms with van der Waals surface area (Å²) in [4.78, 5) is 4.61. The van der Waals surface area contributed by atoms with Crippen LogP contribution < -0.4 is 5.32 Å². The molecule has 0 spiro atoms. The minimum atomic E-state index is -0.249. The summed E-state index contributed by atoms with van der Waals surface area (Å²) < 4.78 is 26.4. The van der Waals surface area contributed by atoms with Crippen molar-refractivity contribution in [2.75, 3.05) is 0 Å². The highest BCUT2D eigenvalue weighted by Gasteiger charge is 2.35. The molecule has 2 nitrogen and oxygen atoms in total. The molecule has 2 aromatic rings. The van der Waals surface area contributed by atoms with Crippen LogP contribution in [0.15, 0.2) is 59.1 Å². The van der Waals surface area contributed by atoms with Gasteiger partial charge in [-0.05, 0) is 78.5 Å². The quantitative estimate of drug-likeness (QED) is 0.735. The summed E-state index contributed by atoms with van der Waals surface area (Å²) in [7, 11) is 0. The van der Waals surface area contributed by atoms with Crippen LogP contribution in [0.25, 0.3) is 6.08 Å². The number of hydrogen-bond donors (Lipinski definition) is 1.